The van der Waals surface area contributed by atoms with Crippen molar-refractivity contribution in [3.63, 3.8) is 0 Å². The van der Waals surface area contributed by atoms with E-state index < -0.39 is 0 Å². The third-order valence-corrected chi connectivity index (χ3v) is 2.97. The Labute approximate surface area is 90.5 Å². The minimum atomic E-state index is -0.0837. The van der Waals surface area contributed by atoms with Gasteiger partial charge in [-0.3, -0.25) is 9.58 Å². The second-order valence-electron chi connectivity index (χ2n) is 4.21. The zero-order chi connectivity index (χ0) is 10.7. The summed E-state index contributed by atoms with van der Waals surface area (Å²) in [5, 5.41) is 13.6. The maximum atomic E-state index is 9.39. The first-order chi connectivity index (χ1) is 7.28. The number of aliphatic hydroxyl groups is 1. The van der Waals surface area contributed by atoms with Gasteiger partial charge in [-0.2, -0.15) is 5.10 Å². The van der Waals surface area contributed by atoms with Gasteiger partial charge in [-0.25, -0.2) is 0 Å². The van der Waals surface area contributed by atoms with Gasteiger partial charge in [-0.05, 0) is 19.8 Å². The van der Waals surface area contributed by atoms with Gasteiger partial charge < -0.3 is 5.11 Å². The topological polar surface area (TPSA) is 41.3 Å². The Morgan fingerprint density at radius 2 is 2.20 bits per heavy atom. The highest BCUT2D eigenvalue weighted by atomic mass is 16.3. The number of hydrogen-bond donors (Lipinski definition) is 1. The smallest absolute Gasteiger partial charge is 0.0564 e. The summed E-state index contributed by atoms with van der Waals surface area (Å²) in [4.78, 5) is 2.38. The molecule has 4 nitrogen and oxygen atoms in total. The summed E-state index contributed by atoms with van der Waals surface area (Å²) < 4.78 is 1.95. The van der Waals surface area contributed by atoms with Crippen molar-refractivity contribution in [3.05, 3.63) is 18.0 Å². The predicted molar refractivity (Wildman–Crippen MR) is 58.4 cm³/mol. The van der Waals surface area contributed by atoms with E-state index in [0.717, 1.165) is 39.0 Å². The van der Waals surface area contributed by atoms with Crippen LogP contribution in [0, 0.1) is 0 Å². The highest BCUT2D eigenvalue weighted by Gasteiger charge is 2.17. The van der Waals surface area contributed by atoms with Crippen LogP contribution >= 0.6 is 0 Å². The number of aromatic nitrogens is 2. The van der Waals surface area contributed by atoms with Crippen LogP contribution in [0.5, 0.6) is 0 Å². The fourth-order valence-electron chi connectivity index (χ4n) is 2.00. The number of likely N-dealkylation sites (tertiary alicyclic amines) is 1. The Balaban J connectivity index is 1.86. The molecule has 1 aromatic heterocycles. The van der Waals surface area contributed by atoms with Crippen molar-refractivity contribution in [2.45, 2.75) is 39.0 Å². The number of piperidine rings is 1. The van der Waals surface area contributed by atoms with Crippen LogP contribution in [0.15, 0.2) is 12.4 Å². The minimum Gasteiger partial charge on any atom is -0.393 e. The van der Waals surface area contributed by atoms with Crippen LogP contribution in [-0.2, 0) is 13.1 Å². The Bertz CT molecular complexity index is 303. The van der Waals surface area contributed by atoms with Gasteiger partial charge in [0.25, 0.3) is 0 Å². The molecular weight excluding hydrogens is 190 g/mol. The minimum absolute atomic E-state index is 0.0837. The Morgan fingerprint density at radius 3 is 2.80 bits per heavy atom. The van der Waals surface area contributed by atoms with Gasteiger partial charge in [0, 0.05) is 37.9 Å². The number of hydrogen-bond acceptors (Lipinski definition) is 3. The maximum Gasteiger partial charge on any atom is 0.0564 e. The molecule has 1 aliphatic rings. The largest absolute Gasteiger partial charge is 0.393 e. The summed E-state index contributed by atoms with van der Waals surface area (Å²) in [6, 6.07) is 0. The molecule has 0 radical (unpaired) electrons. The quantitative estimate of drug-likeness (QED) is 0.802. The van der Waals surface area contributed by atoms with Gasteiger partial charge in [-0.15, -0.1) is 0 Å². The van der Waals surface area contributed by atoms with E-state index in [-0.39, 0.29) is 6.10 Å². The molecule has 2 rings (SSSR count). The van der Waals surface area contributed by atoms with Gasteiger partial charge in [-0.1, -0.05) is 0 Å². The molecule has 0 saturated carbocycles. The monoisotopic (exact) mass is 209 g/mol. The van der Waals surface area contributed by atoms with Crippen molar-refractivity contribution < 1.29 is 5.11 Å². The second-order valence-corrected chi connectivity index (χ2v) is 4.21. The Morgan fingerprint density at radius 1 is 1.47 bits per heavy atom. The number of rotatable bonds is 3. The third-order valence-electron chi connectivity index (χ3n) is 2.97. The zero-order valence-corrected chi connectivity index (χ0v) is 9.26. The van der Waals surface area contributed by atoms with Gasteiger partial charge in [0.2, 0.25) is 0 Å². The van der Waals surface area contributed by atoms with E-state index in [1.807, 2.05) is 10.9 Å². The average molecular weight is 209 g/mol. The first-order valence-electron chi connectivity index (χ1n) is 5.69. The number of nitrogens with zero attached hydrogens (tertiary/aromatic N) is 3. The molecule has 2 heterocycles. The molecule has 84 valence electrons. The molecule has 0 bridgehead atoms. The lowest BCUT2D eigenvalue weighted by atomic mass is 10.1. The van der Waals surface area contributed by atoms with E-state index in [0.29, 0.717) is 0 Å². The van der Waals surface area contributed by atoms with Crippen LogP contribution in [0.3, 0.4) is 0 Å². The molecule has 1 aromatic rings. The Kier molecular flexibility index (Phi) is 3.38. The summed E-state index contributed by atoms with van der Waals surface area (Å²) in [7, 11) is 0. The van der Waals surface area contributed by atoms with Crippen molar-refractivity contribution in [2.24, 2.45) is 0 Å². The maximum absolute atomic E-state index is 9.39. The van der Waals surface area contributed by atoms with E-state index in [4.69, 9.17) is 0 Å². The standard InChI is InChI=1S/C11H19N3O/c1-2-14-9-10(7-12-14)8-13-5-3-11(15)4-6-13/h7,9,11,15H,2-6,8H2,1H3. The van der Waals surface area contributed by atoms with Gasteiger partial charge in [0.15, 0.2) is 0 Å². The summed E-state index contributed by atoms with van der Waals surface area (Å²) in [6.45, 7) is 5.98. The normalized spacial score (nSPS) is 19.6. The summed E-state index contributed by atoms with van der Waals surface area (Å²) in [6.07, 6.45) is 5.77. The van der Waals surface area contributed by atoms with E-state index in [1.165, 1.54) is 5.56 Å². The van der Waals surface area contributed by atoms with Crippen molar-refractivity contribution in [3.8, 4) is 0 Å². The lowest BCUT2D eigenvalue weighted by molar-refractivity contribution is 0.0792. The molecule has 0 aliphatic carbocycles. The highest BCUT2D eigenvalue weighted by molar-refractivity contribution is 5.03. The zero-order valence-electron chi connectivity index (χ0n) is 9.26. The van der Waals surface area contributed by atoms with Gasteiger partial charge in [0.1, 0.15) is 0 Å². The molecule has 1 N–H and O–H groups in total. The van der Waals surface area contributed by atoms with E-state index in [1.54, 1.807) is 0 Å². The highest BCUT2D eigenvalue weighted by Crippen LogP contribution is 2.13. The molecule has 0 atom stereocenters. The summed E-state index contributed by atoms with van der Waals surface area (Å²) >= 11 is 0. The van der Waals surface area contributed by atoms with Crippen LogP contribution in [0.4, 0.5) is 0 Å². The van der Waals surface area contributed by atoms with Crippen molar-refractivity contribution in [2.75, 3.05) is 13.1 Å². The molecule has 0 spiro atoms. The van der Waals surface area contributed by atoms with Gasteiger partial charge in [0.05, 0.1) is 12.3 Å². The molecule has 4 heteroatoms. The first-order valence-corrected chi connectivity index (χ1v) is 5.69. The molecule has 1 fully saturated rings. The van der Waals surface area contributed by atoms with E-state index in [2.05, 4.69) is 23.1 Å². The van der Waals surface area contributed by atoms with Crippen molar-refractivity contribution >= 4 is 0 Å². The van der Waals surface area contributed by atoms with E-state index in [9.17, 15) is 5.11 Å². The molecule has 0 unspecified atom stereocenters. The second kappa shape index (κ2) is 4.77. The van der Waals surface area contributed by atoms with Crippen LogP contribution in [-0.4, -0.2) is 39.0 Å². The van der Waals surface area contributed by atoms with Gasteiger partial charge >= 0.3 is 0 Å². The van der Waals surface area contributed by atoms with E-state index >= 15 is 0 Å². The molecule has 1 saturated heterocycles. The molecule has 15 heavy (non-hydrogen) atoms. The lowest BCUT2D eigenvalue weighted by Gasteiger charge is -2.28. The van der Waals surface area contributed by atoms with Crippen molar-refractivity contribution in [1.29, 1.82) is 0 Å². The van der Waals surface area contributed by atoms with Crippen molar-refractivity contribution in [1.82, 2.24) is 14.7 Å². The first kappa shape index (κ1) is 10.6. The summed E-state index contributed by atoms with van der Waals surface area (Å²) in [5.74, 6) is 0. The molecule has 0 aromatic carbocycles. The predicted octanol–water partition coefficient (Wildman–Crippen LogP) is 0.860. The summed E-state index contributed by atoms with van der Waals surface area (Å²) in [5.41, 5.74) is 1.27. The molecule has 1 aliphatic heterocycles. The number of aryl methyl sites for hydroxylation is 1. The molecule has 0 amide bonds. The average Bonchev–Trinajstić information content (AvgIpc) is 2.69. The lowest BCUT2D eigenvalue weighted by Crippen LogP contribution is -2.35. The van der Waals surface area contributed by atoms with Crippen LogP contribution in [0.25, 0.3) is 0 Å². The van der Waals surface area contributed by atoms with Crippen LogP contribution < -0.4 is 0 Å². The SMILES string of the molecule is CCn1cc(CN2CCC(O)CC2)cn1. The fourth-order valence-corrected chi connectivity index (χ4v) is 2.00. The number of aliphatic hydroxyl groups excluding tert-OH is 1. The molecular formula is C11H19N3O. The third kappa shape index (κ3) is 2.79. The Hall–Kier alpha value is -0.870. The fraction of sp³-hybridized carbons (Fsp3) is 0.727. The van der Waals surface area contributed by atoms with Crippen LogP contribution in [0.2, 0.25) is 0 Å². The van der Waals surface area contributed by atoms with Crippen LogP contribution in [0.1, 0.15) is 25.3 Å².